The number of aromatic nitrogens is 3. The molecule has 1 N–H and O–H groups in total. The molecule has 0 bridgehead atoms. The highest BCUT2D eigenvalue weighted by Crippen LogP contribution is 2.24. The van der Waals surface area contributed by atoms with Crippen LogP contribution < -0.4 is 5.32 Å². The van der Waals surface area contributed by atoms with Crippen molar-refractivity contribution < 1.29 is 0 Å². The molecule has 1 aliphatic heterocycles. The Bertz CT molecular complexity index is 511. The van der Waals surface area contributed by atoms with Crippen molar-refractivity contribution in [1.29, 1.82) is 0 Å². The van der Waals surface area contributed by atoms with Gasteiger partial charge in [-0.2, -0.15) is 0 Å². The molecule has 3 heterocycles. The van der Waals surface area contributed by atoms with Crippen molar-refractivity contribution in [2.45, 2.75) is 38.8 Å². The first-order chi connectivity index (χ1) is 8.84. The highest BCUT2D eigenvalue weighted by atomic mass is 32.1. The number of nitrogens with zero attached hydrogens (tertiary/aromatic N) is 3. The lowest BCUT2D eigenvalue weighted by Gasteiger charge is -2.24. The van der Waals surface area contributed by atoms with E-state index >= 15 is 0 Å². The van der Waals surface area contributed by atoms with Crippen LogP contribution in [0.4, 0.5) is 0 Å². The lowest BCUT2D eigenvalue weighted by Crippen LogP contribution is -2.28. The molecule has 96 valence electrons. The normalized spacial score (nSPS) is 20.2. The smallest absolute Gasteiger partial charge is 0.0952 e. The minimum atomic E-state index is 0.467. The van der Waals surface area contributed by atoms with Crippen molar-refractivity contribution in [2.24, 2.45) is 0 Å². The van der Waals surface area contributed by atoms with Crippen LogP contribution in [0.25, 0.3) is 0 Å². The van der Waals surface area contributed by atoms with Gasteiger partial charge < -0.3 is 9.88 Å². The Morgan fingerprint density at radius 1 is 1.50 bits per heavy atom. The first-order valence-corrected chi connectivity index (χ1v) is 7.35. The highest BCUT2D eigenvalue weighted by molar-refractivity contribution is 7.09. The largest absolute Gasteiger partial charge is 0.328 e. The molecule has 1 saturated heterocycles. The van der Waals surface area contributed by atoms with E-state index in [9.17, 15) is 0 Å². The summed E-state index contributed by atoms with van der Waals surface area (Å²) in [6.07, 6.45) is 7.75. The number of thiazole rings is 1. The predicted octanol–water partition coefficient (Wildman–Crippen LogP) is 2.51. The second kappa shape index (κ2) is 5.20. The van der Waals surface area contributed by atoms with Gasteiger partial charge in [0.15, 0.2) is 0 Å². The summed E-state index contributed by atoms with van der Waals surface area (Å²) in [5, 5.41) is 3.58. The van der Waals surface area contributed by atoms with E-state index in [1.807, 2.05) is 18.0 Å². The number of piperidine rings is 1. The van der Waals surface area contributed by atoms with Crippen LogP contribution in [0.15, 0.2) is 18.0 Å². The van der Waals surface area contributed by atoms with E-state index in [0.717, 1.165) is 18.8 Å². The van der Waals surface area contributed by atoms with Gasteiger partial charge in [-0.25, -0.2) is 9.97 Å². The van der Waals surface area contributed by atoms with Crippen molar-refractivity contribution >= 4 is 11.3 Å². The molecule has 1 atom stereocenters. The third-order valence-electron chi connectivity index (χ3n) is 3.57. The van der Waals surface area contributed by atoms with Crippen molar-refractivity contribution in [1.82, 2.24) is 19.9 Å². The molecule has 18 heavy (non-hydrogen) atoms. The Kier molecular flexibility index (Phi) is 3.43. The Morgan fingerprint density at radius 2 is 2.44 bits per heavy atom. The van der Waals surface area contributed by atoms with Gasteiger partial charge in [0, 0.05) is 17.1 Å². The van der Waals surface area contributed by atoms with Crippen LogP contribution in [0.2, 0.25) is 0 Å². The van der Waals surface area contributed by atoms with E-state index in [2.05, 4.69) is 26.8 Å². The standard InChI is InChI=1S/C13H18N4S/c1-10-13(18-9-16-10)7-17-8-14-6-12(17)11-4-2-3-5-15-11/h6,8-9,11,15H,2-5,7H2,1H3. The van der Waals surface area contributed by atoms with Crippen molar-refractivity contribution in [2.75, 3.05) is 6.54 Å². The van der Waals surface area contributed by atoms with Crippen molar-refractivity contribution in [3.63, 3.8) is 0 Å². The zero-order chi connectivity index (χ0) is 12.4. The molecule has 0 aromatic carbocycles. The summed E-state index contributed by atoms with van der Waals surface area (Å²) in [5.41, 5.74) is 4.36. The van der Waals surface area contributed by atoms with Crippen LogP contribution in [-0.2, 0) is 6.54 Å². The molecule has 0 saturated carbocycles. The van der Waals surface area contributed by atoms with E-state index in [4.69, 9.17) is 0 Å². The van der Waals surface area contributed by atoms with Gasteiger partial charge in [-0.3, -0.25) is 0 Å². The second-order valence-electron chi connectivity index (χ2n) is 4.81. The van der Waals surface area contributed by atoms with Crippen LogP contribution in [0, 0.1) is 6.92 Å². The molecule has 5 heteroatoms. The lowest BCUT2D eigenvalue weighted by molar-refractivity contribution is 0.396. The van der Waals surface area contributed by atoms with Crippen molar-refractivity contribution in [3.05, 3.63) is 34.3 Å². The fraction of sp³-hybridized carbons (Fsp3) is 0.538. The third kappa shape index (κ3) is 2.33. The minimum absolute atomic E-state index is 0.467. The molecule has 1 fully saturated rings. The maximum atomic E-state index is 4.31. The Morgan fingerprint density at radius 3 is 3.17 bits per heavy atom. The maximum absolute atomic E-state index is 4.31. The van der Waals surface area contributed by atoms with E-state index in [1.54, 1.807) is 11.3 Å². The molecule has 1 aliphatic rings. The predicted molar refractivity (Wildman–Crippen MR) is 72.8 cm³/mol. The van der Waals surface area contributed by atoms with E-state index in [0.29, 0.717) is 6.04 Å². The van der Waals surface area contributed by atoms with Gasteiger partial charge in [0.2, 0.25) is 0 Å². The molecule has 1 unspecified atom stereocenters. The number of rotatable bonds is 3. The Balaban J connectivity index is 1.80. The van der Waals surface area contributed by atoms with Gasteiger partial charge in [-0.05, 0) is 26.3 Å². The van der Waals surface area contributed by atoms with Gasteiger partial charge in [0.25, 0.3) is 0 Å². The number of hydrogen-bond donors (Lipinski definition) is 1. The molecular formula is C13H18N4S. The molecule has 2 aromatic rings. The van der Waals surface area contributed by atoms with Crippen LogP contribution in [-0.4, -0.2) is 21.1 Å². The summed E-state index contributed by atoms with van der Waals surface area (Å²) < 4.78 is 2.25. The summed E-state index contributed by atoms with van der Waals surface area (Å²) in [4.78, 5) is 9.95. The molecule has 4 nitrogen and oxygen atoms in total. The summed E-state index contributed by atoms with van der Waals surface area (Å²) in [6.45, 7) is 4.08. The molecule has 0 spiro atoms. The molecule has 3 rings (SSSR count). The molecule has 0 radical (unpaired) electrons. The number of imidazole rings is 1. The lowest BCUT2D eigenvalue weighted by atomic mass is 10.0. The van der Waals surface area contributed by atoms with Crippen molar-refractivity contribution in [3.8, 4) is 0 Å². The summed E-state index contributed by atoms with van der Waals surface area (Å²) in [6, 6.07) is 0.467. The molecule has 0 aliphatic carbocycles. The third-order valence-corrected chi connectivity index (χ3v) is 4.49. The van der Waals surface area contributed by atoms with Gasteiger partial charge in [-0.15, -0.1) is 11.3 Å². The van der Waals surface area contributed by atoms with E-state index < -0.39 is 0 Å². The van der Waals surface area contributed by atoms with Gasteiger partial charge >= 0.3 is 0 Å². The topological polar surface area (TPSA) is 42.7 Å². The highest BCUT2D eigenvalue weighted by Gasteiger charge is 2.18. The number of hydrogen-bond acceptors (Lipinski definition) is 4. The van der Waals surface area contributed by atoms with E-state index in [-0.39, 0.29) is 0 Å². The fourth-order valence-electron chi connectivity index (χ4n) is 2.49. The summed E-state index contributed by atoms with van der Waals surface area (Å²) in [7, 11) is 0. The minimum Gasteiger partial charge on any atom is -0.328 e. The maximum Gasteiger partial charge on any atom is 0.0952 e. The first kappa shape index (κ1) is 11.9. The Labute approximate surface area is 111 Å². The van der Waals surface area contributed by atoms with Crippen LogP contribution in [0.5, 0.6) is 0 Å². The van der Waals surface area contributed by atoms with Crippen LogP contribution >= 0.6 is 11.3 Å². The SMILES string of the molecule is Cc1ncsc1Cn1cncc1C1CCCCN1. The zero-order valence-corrected chi connectivity index (χ0v) is 11.4. The first-order valence-electron chi connectivity index (χ1n) is 6.47. The monoisotopic (exact) mass is 262 g/mol. The molecule has 2 aromatic heterocycles. The van der Waals surface area contributed by atoms with Crippen LogP contribution in [0.1, 0.15) is 41.6 Å². The Hall–Kier alpha value is -1.20. The molecular weight excluding hydrogens is 244 g/mol. The second-order valence-corrected chi connectivity index (χ2v) is 5.75. The number of aryl methyl sites for hydroxylation is 1. The van der Waals surface area contributed by atoms with Gasteiger partial charge in [-0.1, -0.05) is 6.42 Å². The quantitative estimate of drug-likeness (QED) is 0.924. The summed E-state index contributed by atoms with van der Waals surface area (Å²) >= 11 is 1.72. The van der Waals surface area contributed by atoms with Crippen LogP contribution in [0.3, 0.4) is 0 Å². The molecule has 0 amide bonds. The average Bonchev–Trinajstić information content (AvgIpc) is 3.01. The van der Waals surface area contributed by atoms with E-state index in [1.165, 1.54) is 29.8 Å². The van der Waals surface area contributed by atoms with Gasteiger partial charge in [0.05, 0.1) is 29.8 Å². The average molecular weight is 262 g/mol. The fourth-order valence-corrected chi connectivity index (χ4v) is 3.27. The van der Waals surface area contributed by atoms with Gasteiger partial charge in [0.1, 0.15) is 0 Å². The summed E-state index contributed by atoms with van der Waals surface area (Å²) in [5.74, 6) is 0. The number of nitrogens with one attached hydrogen (secondary N) is 1. The zero-order valence-electron chi connectivity index (χ0n) is 10.6.